The maximum absolute atomic E-state index is 12.8. The number of benzene rings is 1. The van der Waals surface area contributed by atoms with Gasteiger partial charge in [0.1, 0.15) is 0 Å². The molecular formula is C20H22ClN3OS. The molecule has 1 aromatic carbocycles. The lowest BCUT2D eigenvalue weighted by Gasteiger charge is -2.35. The normalized spacial score (nSPS) is 20.7. The van der Waals surface area contributed by atoms with Crippen molar-refractivity contribution in [3.8, 4) is 11.3 Å². The summed E-state index contributed by atoms with van der Waals surface area (Å²) in [6, 6.07) is 7.67. The summed E-state index contributed by atoms with van der Waals surface area (Å²) in [5.74, 6) is 1.37. The molecule has 6 heteroatoms. The molecule has 0 unspecified atom stereocenters. The van der Waals surface area contributed by atoms with Crippen LogP contribution >= 0.6 is 22.9 Å². The largest absolute Gasteiger partial charge is 0.342 e. The van der Waals surface area contributed by atoms with Crippen LogP contribution in [0.4, 0.5) is 0 Å². The van der Waals surface area contributed by atoms with Crippen molar-refractivity contribution in [2.75, 3.05) is 13.1 Å². The Labute approximate surface area is 162 Å². The number of carbonyl (C=O) groups excluding carboxylic acids is 1. The van der Waals surface area contributed by atoms with E-state index in [2.05, 4.69) is 13.8 Å². The third-order valence-electron chi connectivity index (χ3n) is 4.98. The number of thiazole rings is 1. The minimum Gasteiger partial charge on any atom is -0.342 e. The van der Waals surface area contributed by atoms with Crippen molar-refractivity contribution < 1.29 is 4.79 Å². The van der Waals surface area contributed by atoms with Gasteiger partial charge in [0.05, 0.1) is 12.1 Å². The molecule has 0 bridgehead atoms. The van der Waals surface area contributed by atoms with E-state index in [1.54, 1.807) is 11.3 Å². The van der Waals surface area contributed by atoms with Crippen molar-refractivity contribution in [1.82, 2.24) is 14.3 Å². The molecule has 3 heterocycles. The molecular weight excluding hydrogens is 366 g/mol. The van der Waals surface area contributed by atoms with Crippen molar-refractivity contribution in [1.29, 1.82) is 0 Å². The Balaban J connectivity index is 1.55. The lowest BCUT2D eigenvalue weighted by Crippen LogP contribution is -2.43. The Morgan fingerprint density at radius 2 is 1.92 bits per heavy atom. The van der Waals surface area contributed by atoms with E-state index >= 15 is 0 Å². The Morgan fingerprint density at radius 1 is 1.23 bits per heavy atom. The summed E-state index contributed by atoms with van der Waals surface area (Å²) in [6.45, 7) is 6.20. The zero-order valence-corrected chi connectivity index (χ0v) is 16.6. The molecule has 2 aromatic heterocycles. The molecule has 4 nitrogen and oxygen atoms in total. The standard InChI is InChI=1S/C20H22ClN3OS/c1-13-7-14(2)10-23(9-13)19(25)8-17-12-26-20-22-18(11-24(17)20)15-3-5-16(21)6-4-15/h3-6,11-14H,7-10H2,1-2H3/t13-,14+. The van der Waals surface area contributed by atoms with Crippen LogP contribution in [0, 0.1) is 11.8 Å². The van der Waals surface area contributed by atoms with Crippen LogP contribution in [0.15, 0.2) is 35.8 Å². The van der Waals surface area contributed by atoms with Gasteiger partial charge >= 0.3 is 0 Å². The van der Waals surface area contributed by atoms with Crippen LogP contribution in [0.3, 0.4) is 0 Å². The van der Waals surface area contributed by atoms with E-state index in [0.717, 1.165) is 35.0 Å². The molecule has 0 radical (unpaired) electrons. The van der Waals surface area contributed by atoms with Gasteiger partial charge in [0.2, 0.25) is 5.91 Å². The first-order valence-corrected chi connectivity index (χ1v) is 10.2. The van der Waals surface area contributed by atoms with Crippen LogP contribution in [0.2, 0.25) is 5.02 Å². The highest BCUT2D eigenvalue weighted by atomic mass is 35.5. The molecule has 1 aliphatic heterocycles. The lowest BCUT2D eigenvalue weighted by molar-refractivity contribution is -0.133. The Hall–Kier alpha value is -1.85. The highest BCUT2D eigenvalue weighted by Gasteiger charge is 2.26. The SMILES string of the molecule is C[C@@H]1C[C@H](C)CN(C(=O)Cc2csc3nc(-c4ccc(Cl)cc4)cn23)C1. The van der Waals surface area contributed by atoms with E-state index in [1.807, 2.05) is 45.1 Å². The number of fused-ring (bicyclic) bond motifs is 1. The van der Waals surface area contributed by atoms with E-state index in [9.17, 15) is 4.79 Å². The zero-order chi connectivity index (χ0) is 18.3. The summed E-state index contributed by atoms with van der Waals surface area (Å²) in [5, 5.41) is 2.76. The average Bonchev–Trinajstić information content (AvgIpc) is 3.16. The molecule has 4 rings (SSSR count). The highest BCUT2D eigenvalue weighted by Crippen LogP contribution is 2.26. The maximum Gasteiger partial charge on any atom is 0.228 e. The van der Waals surface area contributed by atoms with Crippen molar-refractivity contribution in [3.63, 3.8) is 0 Å². The maximum atomic E-state index is 12.8. The second-order valence-electron chi connectivity index (χ2n) is 7.43. The number of aromatic nitrogens is 2. The third-order valence-corrected chi connectivity index (χ3v) is 6.12. The molecule has 1 fully saturated rings. The van der Waals surface area contributed by atoms with E-state index in [-0.39, 0.29) is 5.91 Å². The van der Waals surface area contributed by atoms with Crippen LogP contribution in [0.25, 0.3) is 16.2 Å². The molecule has 3 aromatic rings. The highest BCUT2D eigenvalue weighted by molar-refractivity contribution is 7.15. The number of nitrogens with zero attached hydrogens (tertiary/aromatic N) is 3. The van der Waals surface area contributed by atoms with Crippen molar-refractivity contribution in [2.24, 2.45) is 11.8 Å². The first-order valence-electron chi connectivity index (χ1n) is 8.99. The van der Waals surface area contributed by atoms with E-state index in [1.165, 1.54) is 6.42 Å². The molecule has 26 heavy (non-hydrogen) atoms. The van der Waals surface area contributed by atoms with E-state index in [0.29, 0.717) is 23.3 Å². The summed E-state index contributed by atoms with van der Waals surface area (Å²) in [5.41, 5.74) is 2.94. The summed E-state index contributed by atoms with van der Waals surface area (Å²) in [6.07, 6.45) is 3.65. The Kier molecular flexibility index (Phi) is 4.76. The summed E-state index contributed by atoms with van der Waals surface area (Å²) in [4.78, 5) is 20.4. The van der Waals surface area contributed by atoms with Gasteiger partial charge in [-0.15, -0.1) is 11.3 Å². The molecule has 0 spiro atoms. The molecule has 2 atom stereocenters. The molecule has 1 aliphatic rings. The van der Waals surface area contributed by atoms with Gasteiger partial charge in [-0.25, -0.2) is 4.98 Å². The molecule has 136 valence electrons. The summed E-state index contributed by atoms with van der Waals surface area (Å²) in [7, 11) is 0. The summed E-state index contributed by atoms with van der Waals surface area (Å²) >= 11 is 7.55. The predicted octanol–water partition coefficient (Wildman–Crippen LogP) is 4.76. The first-order chi connectivity index (χ1) is 12.5. The minimum atomic E-state index is 0.213. The number of hydrogen-bond donors (Lipinski definition) is 0. The first kappa shape index (κ1) is 17.6. The van der Waals surface area contributed by atoms with Gasteiger partial charge in [-0.2, -0.15) is 0 Å². The van der Waals surface area contributed by atoms with Gasteiger partial charge in [-0.3, -0.25) is 9.20 Å². The molecule has 0 saturated carbocycles. The number of rotatable bonds is 3. The fourth-order valence-electron chi connectivity index (χ4n) is 3.85. The van der Waals surface area contributed by atoms with Gasteiger partial charge in [-0.05, 0) is 30.4 Å². The third kappa shape index (κ3) is 3.51. The van der Waals surface area contributed by atoms with Crippen molar-refractivity contribution in [2.45, 2.75) is 26.7 Å². The van der Waals surface area contributed by atoms with Crippen molar-refractivity contribution >= 4 is 33.8 Å². The Morgan fingerprint density at radius 3 is 2.62 bits per heavy atom. The van der Waals surface area contributed by atoms with E-state index < -0.39 is 0 Å². The number of imidazole rings is 1. The topological polar surface area (TPSA) is 37.6 Å². The van der Waals surface area contributed by atoms with Gasteiger partial charge in [0.15, 0.2) is 4.96 Å². The minimum absolute atomic E-state index is 0.213. The fourth-order valence-corrected chi connectivity index (χ4v) is 4.85. The Bertz CT molecular complexity index is 920. The van der Waals surface area contributed by atoms with Crippen LogP contribution in [-0.2, 0) is 11.2 Å². The predicted molar refractivity (Wildman–Crippen MR) is 107 cm³/mol. The fraction of sp³-hybridized carbons (Fsp3) is 0.400. The number of carbonyl (C=O) groups is 1. The van der Waals surface area contributed by atoms with Gasteiger partial charge in [-0.1, -0.05) is 37.6 Å². The monoisotopic (exact) mass is 387 g/mol. The van der Waals surface area contributed by atoms with Gasteiger partial charge in [0, 0.05) is 40.9 Å². The number of likely N-dealkylation sites (tertiary alicyclic amines) is 1. The quantitative estimate of drug-likeness (QED) is 0.649. The van der Waals surface area contributed by atoms with Crippen LogP contribution in [0.1, 0.15) is 26.0 Å². The van der Waals surface area contributed by atoms with Crippen molar-refractivity contribution in [3.05, 3.63) is 46.6 Å². The van der Waals surface area contributed by atoms with Crippen LogP contribution < -0.4 is 0 Å². The number of amides is 1. The summed E-state index contributed by atoms with van der Waals surface area (Å²) < 4.78 is 2.04. The number of piperidine rings is 1. The van der Waals surface area contributed by atoms with Crippen LogP contribution in [-0.4, -0.2) is 33.3 Å². The number of hydrogen-bond acceptors (Lipinski definition) is 3. The molecule has 1 amide bonds. The number of halogens is 1. The zero-order valence-electron chi connectivity index (χ0n) is 15.0. The molecule has 0 N–H and O–H groups in total. The smallest absolute Gasteiger partial charge is 0.228 e. The second-order valence-corrected chi connectivity index (χ2v) is 8.71. The average molecular weight is 388 g/mol. The van der Waals surface area contributed by atoms with Gasteiger partial charge in [0.25, 0.3) is 0 Å². The molecule has 1 saturated heterocycles. The van der Waals surface area contributed by atoms with Crippen LogP contribution in [0.5, 0.6) is 0 Å². The lowest BCUT2D eigenvalue weighted by atomic mass is 9.91. The molecule has 0 aliphatic carbocycles. The second kappa shape index (κ2) is 7.05. The van der Waals surface area contributed by atoms with E-state index in [4.69, 9.17) is 16.6 Å². The van der Waals surface area contributed by atoms with Gasteiger partial charge < -0.3 is 4.90 Å².